The van der Waals surface area contributed by atoms with Gasteiger partial charge in [0.15, 0.2) is 0 Å². The summed E-state index contributed by atoms with van der Waals surface area (Å²) in [7, 11) is -3.54. The van der Waals surface area contributed by atoms with Gasteiger partial charge in [-0.05, 0) is 50.5 Å². The van der Waals surface area contributed by atoms with Crippen molar-refractivity contribution in [2.75, 3.05) is 19.8 Å². The molecule has 0 aromatic heterocycles. The normalized spacial score (nSPS) is 20.2. The number of sulfonamides is 1. The van der Waals surface area contributed by atoms with Crippen LogP contribution in [-0.4, -0.2) is 43.6 Å². The van der Waals surface area contributed by atoms with Gasteiger partial charge in [-0.1, -0.05) is 0 Å². The molecular weight excluding hydrogens is 278 g/mol. The fourth-order valence-corrected chi connectivity index (χ4v) is 4.31. The van der Waals surface area contributed by atoms with Crippen molar-refractivity contribution >= 4 is 10.0 Å². The van der Waals surface area contributed by atoms with E-state index in [4.69, 9.17) is 4.74 Å². The van der Waals surface area contributed by atoms with Crippen LogP contribution < -0.4 is 4.74 Å². The number of ether oxygens (including phenoxy) is 1. The van der Waals surface area contributed by atoms with Crippen LogP contribution in [-0.2, 0) is 10.0 Å². The first-order valence-corrected chi connectivity index (χ1v) is 8.31. The molecule has 1 heterocycles. The van der Waals surface area contributed by atoms with Gasteiger partial charge in [-0.15, -0.1) is 0 Å². The molecule has 0 spiro atoms. The number of aliphatic hydroxyl groups is 1. The summed E-state index contributed by atoms with van der Waals surface area (Å²) in [6.07, 6.45) is 1.51. The minimum atomic E-state index is -3.54. The highest BCUT2D eigenvalue weighted by molar-refractivity contribution is 7.89. The van der Waals surface area contributed by atoms with Gasteiger partial charge in [0.2, 0.25) is 10.0 Å². The van der Waals surface area contributed by atoms with Crippen molar-refractivity contribution in [1.82, 2.24) is 4.31 Å². The summed E-state index contributed by atoms with van der Waals surface area (Å²) >= 11 is 0. The van der Waals surface area contributed by atoms with Crippen molar-refractivity contribution in [3.05, 3.63) is 23.8 Å². The number of hydrogen-bond donors (Lipinski definition) is 1. The predicted molar refractivity (Wildman–Crippen MR) is 76.3 cm³/mol. The highest BCUT2D eigenvalue weighted by Gasteiger charge is 2.34. The first-order chi connectivity index (χ1) is 9.50. The zero-order valence-electron chi connectivity index (χ0n) is 11.9. The van der Waals surface area contributed by atoms with Crippen LogP contribution in [0.3, 0.4) is 0 Å². The van der Waals surface area contributed by atoms with E-state index in [-0.39, 0.29) is 17.5 Å². The smallest absolute Gasteiger partial charge is 0.243 e. The largest absolute Gasteiger partial charge is 0.494 e. The molecule has 1 atom stereocenters. The van der Waals surface area contributed by atoms with Crippen LogP contribution in [0, 0.1) is 6.92 Å². The van der Waals surface area contributed by atoms with Crippen molar-refractivity contribution < 1.29 is 18.3 Å². The maximum absolute atomic E-state index is 12.6. The van der Waals surface area contributed by atoms with E-state index in [1.54, 1.807) is 18.2 Å². The molecule has 1 N–H and O–H groups in total. The third-order valence-corrected chi connectivity index (χ3v) is 5.53. The Labute approximate surface area is 120 Å². The molecule has 0 unspecified atom stereocenters. The monoisotopic (exact) mass is 299 g/mol. The standard InChI is InChI=1S/C14H21NO4S/c1-3-19-14-7-6-13(9-11(14)2)20(17,18)15-8-4-5-12(15)10-16/h6-7,9,12,16H,3-5,8,10H2,1-2H3/t12-/m0/s1. The lowest BCUT2D eigenvalue weighted by atomic mass is 10.2. The second-order valence-corrected chi connectivity index (χ2v) is 6.85. The van der Waals surface area contributed by atoms with Crippen LogP contribution in [0.4, 0.5) is 0 Å². The Morgan fingerprint density at radius 1 is 1.45 bits per heavy atom. The molecule has 0 saturated carbocycles. The summed E-state index contributed by atoms with van der Waals surface area (Å²) in [4.78, 5) is 0.263. The first-order valence-electron chi connectivity index (χ1n) is 6.87. The molecule has 0 amide bonds. The molecule has 5 nitrogen and oxygen atoms in total. The van der Waals surface area contributed by atoms with Crippen LogP contribution in [0.25, 0.3) is 0 Å². The van der Waals surface area contributed by atoms with Crippen LogP contribution in [0.2, 0.25) is 0 Å². The Morgan fingerprint density at radius 3 is 2.80 bits per heavy atom. The van der Waals surface area contributed by atoms with Gasteiger partial charge in [0, 0.05) is 12.6 Å². The van der Waals surface area contributed by atoms with Gasteiger partial charge < -0.3 is 9.84 Å². The molecule has 1 aliphatic rings. The van der Waals surface area contributed by atoms with Gasteiger partial charge in [0.05, 0.1) is 18.1 Å². The number of nitrogens with zero attached hydrogens (tertiary/aromatic N) is 1. The van der Waals surface area contributed by atoms with E-state index < -0.39 is 10.0 Å². The van der Waals surface area contributed by atoms with Crippen LogP contribution >= 0.6 is 0 Å². The molecular formula is C14H21NO4S. The van der Waals surface area contributed by atoms with E-state index in [1.807, 2.05) is 13.8 Å². The molecule has 1 aromatic carbocycles. The van der Waals surface area contributed by atoms with Crippen molar-refractivity contribution in [3.8, 4) is 5.75 Å². The zero-order chi connectivity index (χ0) is 14.8. The van der Waals surface area contributed by atoms with Gasteiger partial charge in [-0.2, -0.15) is 4.31 Å². The molecule has 6 heteroatoms. The van der Waals surface area contributed by atoms with Gasteiger partial charge in [0.1, 0.15) is 5.75 Å². The quantitative estimate of drug-likeness (QED) is 0.895. The molecule has 2 rings (SSSR count). The third-order valence-electron chi connectivity index (χ3n) is 3.59. The SMILES string of the molecule is CCOc1ccc(S(=O)(=O)N2CCC[C@H]2CO)cc1C. The molecule has 0 bridgehead atoms. The lowest BCUT2D eigenvalue weighted by Gasteiger charge is -2.22. The summed E-state index contributed by atoms with van der Waals surface area (Å²) in [5.74, 6) is 0.701. The fraction of sp³-hybridized carbons (Fsp3) is 0.571. The first kappa shape index (κ1) is 15.3. The highest BCUT2D eigenvalue weighted by atomic mass is 32.2. The number of hydrogen-bond acceptors (Lipinski definition) is 4. The van der Waals surface area contributed by atoms with E-state index in [1.165, 1.54) is 4.31 Å². The Bertz CT molecular complexity index is 571. The number of rotatable bonds is 5. The van der Waals surface area contributed by atoms with E-state index in [0.717, 1.165) is 12.0 Å². The maximum atomic E-state index is 12.6. The minimum absolute atomic E-state index is 0.130. The second kappa shape index (κ2) is 6.11. The van der Waals surface area contributed by atoms with Crippen LogP contribution in [0.5, 0.6) is 5.75 Å². The molecule has 20 heavy (non-hydrogen) atoms. The van der Waals surface area contributed by atoms with E-state index >= 15 is 0 Å². The van der Waals surface area contributed by atoms with Crippen LogP contribution in [0.1, 0.15) is 25.3 Å². The lowest BCUT2D eigenvalue weighted by molar-refractivity contribution is 0.213. The van der Waals surface area contributed by atoms with Crippen molar-refractivity contribution in [3.63, 3.8) is 0 Å². The van der Waals surface area contributed by atoms with E-state index in [0.29, 0.717) is 25.3 Å². The number of benzene rings is 1. The predicted octanol–water partition coefficient (Wildman–Crippen LogP) is 1.54. The molecule has 1 aliphatic heterocycles. The molecule has 0 aliphatic carbocycles. The molecule has 1 saturated heterocycles. The van der Waals surface area contributed by atoms with Gasteiger partial charge in [-0.3, -0.25) is 0 Å². The van der Waals surface area contributed by atoms with Crippen LogP contribution in [0.15, 0.2) is 23.1 Å². The molecule has 0 radical (unpaired) electrons. The lowest BCUT2D eigenvalue weighted by Crippen LogP contribution is -2.37. The number of aryl methyl sites for hydroxylation is 1. The summed E-state index contributed by atoms with van der Waals surface area (Å²) in [5.41, 5.74) is 0.799. The van der Waals surface area contributed by atoms with Gasteiger partial charge in [0.25, 0.3) is 0 Å². The minimum Gasteiger partial charge on any atom is -0.494 e. The second-order valence-electron chi connectivity index (χ2n) is 4.95. The van der Waals surface area contributed by atoms with Gasteiger partial charge in [-0.25, -0.2) is 8.42 Å². The van der Waals surface area contributed by atoms with Crippen molar-refractivity contribution in [2.45, 2.75) is 37.6 Å². The molecule has 112 valence electrons. The fourth-order valence-electron chi connectivity index (χ4n) is 2.54. The molecule has 1 aromatic rings. The van der Waals surface area contributed by atoms with E-state index in [9.17, 15) is 13.5 Å². The average molecular weight is 299 g/mol. The summed E-state index contributed by atoms with van der Waals surface area (Å²) in [5, 5.41) is 9.29. The molecule has 1 fully saturated rings. The Morgan fingerprint density at radius 2 is 2.20 bits per heavy atom. The third kappa shape index (κ3) is 2.82. The Balaban J connectivity index is 2.32. The highest BCUT2D eigenvalue weighted by Crippen LogP contribution is 2.28. The van der Waals surface area contributed by atoms with Crippen molar-refractivity contribution in [1.29, 1.82) is 0 Å². The van der Waals surface area contributed by atoms with Gasteiger partial charge >= 0.3 is 0 Å². The van der Waals surface area contributed by atoms with E-state index in [2.05, 4.69) is 0 Å². The number of aliphatic hydroxyl groups excluding tert-OH is 1. The topological polar surface area (TPSA) is 66.8 Å². The maximum Gasteiger partial charge on any atom is 0.243 e. The Kier molecular flexibility index (Phi) is 4.67. The Hall–Kier alpha value is -1.11. The summed E-state index contributed by atoms with van der Waals surface area (Å²) < 4.78 is 32.0. The summed E-state index contributed by atoms with van der Waals surface area (Å²) in [6, 6.07) is 4.59. The average Bonchev–Trinajstić information content (AvgIpc) is 2.90. The summed E-state index contributed by atoms with van der Waals surface area (Å²) in [6.45, 7) is 4.61. The van der Waals surface area contributed by atoms with Crippen molar-refractivity contribution in [2.24, 2.45) is 0 Å². The zero-order valence-corrected chi connectivity index (χ0v) is 12.7.